The Morgan fingerprint density at radius 1 is 1.14 bits per heavy atom. The summed E-state index contributed by atoms with van der Waals surface area (Å²) in [5, 5.41) is 0. The number of nitrogens with zero attached hydrogens (tertiary/aromatic N) is 2. The molecule has 1 heterocycles. The molecule has 0 atom stereocenters. The van der Waals surface area contributed by atoms with Crippen molar-refractivity contribution >= 4 is 10.0 Å². The summed E-state index contributed by atoms with van der Waals surface area (Å²) in [6, 6.07) is 0.765. The largest absolute Gasteiger partial charge is 0.298 e. The van der Waals surface area contributed by atoms with Crippen LogP contribution < -0.4 is 0 Å². The van der Waals surface area contributed by atoms with Crippen LogP contribution in [0.2, 0.25) is 0 Å². The quantitative estimate of drug-likeness (QED) is 0.675. The van der Waals surface area contributed by atoms with Crippen LogP contribution in [0.1, 0.15) is 19.8 Å². The Hall–Kier alpha value is -0.130. The molecule has 1 saturated carbocycles. The van der Waals surface area contributed by atoms with Crippen molar-refractivity contribution in [1.82, 2.24) is 9.21 Å². The first-order valence-electron chi connectivity index (χ1n) is 5.35. The second-order valence-corrected chi connectivity index (χ2v) is 6.32. The van der Waals surface area contributed by atoms with Gasteiger partial charge in [0.15, 0.2) is 0 Å². The fourth-order valence-corrected chi connectivity index (χ4v) is 3.05. The molecule has 0 aromatic heterocycles. The summed E-state index contributed by atoms with van der Waals surface area (Å²) >= 11 is 0. The Morgan fingerprint density at radius 3 is 2.14 bits per heavy atom. The van der Waals surface area contributed by atoms with Gasteiger partial charge in [0.1, 0.15) is 0 Å². The first-order valence-corrected chi connectivity index (χ1v) is 6.96. The van der Waals surface area contributed by atoms with Gasteiger partial charge in [-0.1, -0.05) is 0 Å². The van der Waals surface area contributed by atoms with E-state index >= 15 is 0 Å². The van der Waals surface area contributed by atoms with Crippen LogP contribution in [-0.4, -0.2) is 55.6 Å². The van der Waals surface area contributed by atoms with E-state index in [0.29, 0.717) is 13.1 Å². The zero-order valence-electron chi connectivity index (χ0n) is 8.65. The maximum absolute atomic E-state index is 11.6. The lowest BCUT2D eigenvalue weighted by atomic mass is 10.3. The van der Waals surface area contributed by atoms with Gasteiger partial charge < -0.3 is 0 Å². The summed E-state index contributed by atoms with van der Waals surface area (Å²) in [5.74, 6) is 0.233. The van der Waals surface area contributed by atoms with Crippen molar-refractivity contribution in [2.45, 2.75) is 25.8 Å². The van der Waals surface area contributed by atoms with Crippen LogP contribution in [-0.2, 0) is 10.0 Å². The van der Waals surface area contributed by atoms with E-state index in [4.69, 9.17) is 0 Å². The average molecular weight is 218 g/mol. The van der Waals surface area contributed by atoms with Crippen LogP contribution >= 0.6 is 0 Å². The average Bonchev–Trinajstić information content (AvgIpc) is 3.01. The van der Waals surface area contributed by atoms with Gasteiger partial charge in [-0.3, -0.25) is 4.90 Å². The number of hydrogen-bond acceptors (Lipinski definition) is 3. The molecule has 0 N–H and O–H groups in total. The van der Waals surface area contributed by atoms with Gasteiger partial charge in [0.05, 0.1) is 5.75 Å². The molecule has 0 aromatic carbocycles. The van der Waals surface area contributed by atoms with Gasteiger partial charge in [-0.15, -0.1) is 0 Å². The molecule has 82 valence electrons. The van der Waals surface area contributed by atoms with Crippen LogP contribution in [0.25, 0.3) is 0 Å². The van der Waals surface area contributed by atoms with Gasteiger partial charge in [0, 0.05) is 32.2 Å². The van der Waals surface area contributed by atoms with Crippen molar-refractivity contribution in [3.63, 3.8) is 0 Å². The molecule has 0 radical (unpaired) electrons. The highest BCUT2D eigenvalue weighted by atomic mass is 32.2. The smallest absolute Gasteiger partial charge is 0.213 e. The Morgan fingerprint density at radius 2 is 1.71 bits per heavy atom. The van der Waals surface area contributed by atoms with E-state index in [9.17, 15) is 8.42 Å². The number of hydrogen-bond donors (Lipinski definition) is 0. The van der Waals surface area contributed by atoms with Crippen molar-refractivity contribution in [1.29, 1.82) is 0 Å². The molecule has 4 nitrogen and oxygen atoms in total. The second-order valence-electron chi connectivity index (χ2n) is 4.07. The van der Waals surface area contributed by atoms with Gasteiger partial charge in [-0.05, 0) is 19.8 Å². The first kappa shape index (κ1) is 10.4. The number of piperazine rings is 1. The summed E-state index contributed by atoms with van der Waals surface area (Å²) in [7, 11) is -2.94. The maximum atomic E-state index is 11.6. The molecule has 0 spiro atoms. The zero-order valence-corrected chi connectivity index (χ0v) is 9.46. The summed E-state index contributed by atoms with van der Waals surface area (Å²) in [5.41, 5.74) is 0. The van der Waals surface area contributed by atoms with Gasteiger partial charge in [-0.25, -0.2) is 8.42 Å². The van der Waals surface area contributed by atoms with Gasteiger partial charge >= 0.3 is 0 Å². The number of sulfonamides is 1. The lowest BCUT2D eigenvalue weighted by Gasteiger charge is -2.33. The Kier molecular flexibility index (Phi) is 2.81. The SMILES string of the molecule is CCS(=O)(=O)N1CCN(C2CC2)CC1. The minimum absolute atomic E-state index is 0.233. The maximum Gasteiger partial charge on any atom is 0.213 e. The highest BCUT2D eigenvalue weighted by Gasteiger charge is 2.33. The van der Waals surface area contributed by atoms with E-state index < -0.39 is 10.0 Å². The molecule has 14 heavy (non-hydrogen) atoms. The van der Waals surface area contributed by atoms with E-state index in [0.717, 1.165) is 19.1 Å². The fourth-order valence-electron chi connectivity index (χ4n) is 1.97. The Balaban J connectivity index is 1.89. The van der Waals surface area contributed by atoms with Crippen LogP contribution in [0, 0.1) is 0 Å². The predicted octanol–water partition coefficient (Wildman–Crippen LogP) is 0.116. The zero-order chi connectivity index (χ0) is 10.2. The molecule has 0 amide bonds. The third kappa shape index (κ3) is 2.10. The monoisotopic (exact) mass is 218 g/mol. The highest BCUT2D eigenvalue weighted by molar-refractivity contribution is 7.89. The van der Waals surface area contributed by atoms with Crippen LogP contribution in [0.3, 0.4) is 0 Å². The normalized spacial score (nSPS) is 26.6. The molecular formula is C9H18N2O2S. The van der Waals surface area contributed by atoms with Crippen LogP contribution in [0.5, 0.6) is 0 Å². The molecule has 2 aliphatic rings. The molecule has 0 unspecified atom stereocenters. The molecule has 1 aliphatic carbocycles. The second kappa shape index (κ2) is 3.79. The molecule has 1 aliphatic heterocycles. The Bertz CT molecular complexity index is 290. The van der Waals surface area contributed by atoms with Crippen molar-refractivity contribution in [2.24, 2.45) is 0 Å². The van der Waals surface area contributed by atoms with Gasteiger partial charge in [0.25, 0.3) is 0 Å². The van der Waals surface area contributed by atoms with Gasteiger partial charge in [-0.2, -0.15) is 4.31 Å². The minimum Gasteiger partial charge on any atom is -0.298 e. The predicted molar refractivity (Wildman–Crippen MR) is 55.6 cm³/mol. The molecule has 0 bridgehead atoms. The van der Waals surface area contributed by atoms with E-state index in [1.54, 1.807) is 11.2 Å². The molecule has 2 rings (SSSR count). The van der Waals surface area contributed by atoms with Crippen molar-refractivity contribution in [3.05, 3.63) is 0 Å². The minimum atomic E-state index is -2.94. The third-order valence-corrected chi connectivity index (χ3v) is 4.98. The lowest BCUT2D eigenvalue weighted by molar-refractivity contribution is 0.180. The third-order valence-electron chi connectivity index (χ3n) is 3.09. The summed E-state index contributed by atoms with van der Waals surface area (Å²) in [6.07, 6.45) is 2.61. The Labute approximate surface area is 85.9 Å². The van der Waals surface area contributed by atoms with Gasteiger partial charge in [0.2, 0.25) is 10.0 Å². The first-order chi connectivity index (χ1) is 6.63. The van der Waals surface area contributed by atoms with E-state index in [-0.39, 0.29) is 5.75 Å². The van der Waals surface area contributed by atoms with E-state index in [1.165, 1.54) is 12.8 Å². The fraction of sp³-hybridized carbons (Fsp3) is 1.00. The van der Waals surface area contributed by atoms with Crippen LogP contribution in [0.4, 0.5) is 0 Å². The van der Waals surface area contributed by atoms with Crippen LogP contribution in [0.15, 0.2) is 0 Å². The standard InChI is InChI=1S/C9H18N2O2S/c1-2-14(12,13)11-7-5-10(6-8-11)9-3-4-9/h9H,2-8H2,1H3. The van der Waals surface area contributed by atoms with E-state index in [2.05, 4.69) is 4.90 Å². The summed E-state index contributed by atoms with van der Waals surface area (Å²) in [4.78, 5) is 2.42. The van der Waals surface area contributed by atoms with Crippen molar-refractivity contribution in [2.75, 3.05) is 31.9 Å². The molecule has 1 saturated heterocycles. The molecule has 2 fully saturated rings. The lowest BCUT2D eigenvalue weighted by Crippen LogP contribution is -2.49. The van der Waals surface area contributed by atoms with Crippen molar-refractivity contribution < 1.29 is 8.42 Å². The topological polar surface area (TPSA) is 40.6 Å². The van der Waals surface area contributed by atoms with Crippen molar-refractivity contribution in [3.8, 4) is 0 Å². The molecule has 0 aromatic rings. The summed E-state index contributed by atoms with van der Waals surface area (Å²) in [6.45, 7) is 4.93. The highest BCUT2D eigenvalue weighted by Crippen LogP contribution is 2.27. The molecule has 5 heteroatoms. The van der Waals surface area contributed by atoms with E-state index in [1.807, 2.05) is 0 Å². The number of rotatable bonds is 3. The summed E-state index contributed by atoms with van der Waals surface area (Å²) < 4.78 is 24.7. The molecular weight excluding hydrogens is 200 g/mol.